The van der Waals surface area contributed by atoms with Crippen LogP contribution in [0, 0.1) is 6.92 Å². The molecular formula is C15H12N2OS. The van der Waals surface area contributed by atoms with Gasteiger partial charge in [0, 0.05) is 5.56 Å². The number of nitrogens with zero attached hydrogens (tertiary/aromatic N) is 2. The Morgan fingerprint density at radius 3 is 2.47 bits per heavy atom. The van der Waals surface area contributed by atoms with E-state index >= 15 is 0 Å². The first-order chi connectivity index (χ1) is 9.18. The Bertz CT molecular complexity index is 762. The summed E-state index contributed by atoms with van der Waals surface area (Å²) in [6.45, 7) is 3.59. The van der Waals surface area contributed by atoms with Crippen molar-refractivity contribution in [3.05, 3.63) is 47.5 Å². The molecule has 0 atom stereocenters. The Morgan fingerprint density at radius 1 is 1.11 bits per heavy atom. The van der Waals surface area contributed by atoms with Gasteiger partial charge in [0.2, 0.25) is 0 Å². The van der Waals surface area contributed by atoms with E-state index in [4.69, 9.17) is 0 Å². The second-order valence-electron chi connectivity index (χ2n) is 4.48. The van der Waals surface area contributed by atoms with Crippen molar-refractivity contribution in [2.24, 2.45) is 0 Å². The first-order valence-corrected chi connectivity index (χ1v) is 6.73. The molecule has 19 heavy (non-hydrogen) atoms. The summed E-state index contributed by atoms with van der Waals surface area (Å²) in [6.07, 6.45) is 0. The molecule has 94 valence electrons. The number of ketones is 1. The average Bonchev–Trinajstić information content (AvgIpc) is 2.89. The molecule has 0 fully saturated rings. The minimum absolute atomic E-state index is 0.0230. The van der Waals surface area contributed by atoms with Gasteiger partial charge >= 0.3 is 0 Å². The van der Waals surface area contributed by atoms with Crippen LogP contribution in [0.1, 0.15) is 22.8 Å². The van der Waals surface area contributed by atoms with Crippen LogP contribution in [-0.4, -0.2) is 14.5 Å². The molecule has 0 saturated carbocycles. The van der Waals surface area contributed by atoms with Crippen LogP contribution in [-0.2, 0) is 0 Å². The van der Waals surface area contributed by atoms with Crippen LogP contribution < -0.4 is 0 Å². The molecule has 0 bridgehead atoms. The maximum absolute atomic E-state index is 11.8. The summed E-state index contributed by atoms with van der Waals surface area (Å²) in [7, 11) is 0. The van der Waals surface area contributed by atoms with Gasteiger partial charge in [-0.25, -0.2) is 0 Å². The second-order valence-corrected chi connectivity index (χ2v) is 5.01. The fraction of sp³-hybridized carbons (Fsp3) is 0.133. The molecule has 3 aromatic rings. The number of Topliss-reactive ketones (excluding diaryl/α,β-unsaturated/α-hetero) is 1. The van der Waals surface area contributed by atoms with Crippen molar-refractivity contribution >= 4 is 28.5 Å². The Kier molecular flexibility index (Phi) is 2.87. The molecule has 0 aliphatic rings. The molecule has 0 saturated heterocycles. The molecule has 3 nitrogen and oxygen atoms in total. The lowest BCUT2D eigenvalue weighted by atomic mass is 9.95. The topological polar surface area (TPSA) is 42.9 Å². The minimum atomic E-state index is 0.0230. The van der Waals surface area contributed by atoms with E-state index in [1.165, 1.54) is 0 Å². The molecule has 3 rings (SSSR count). The minimum Gasteiger partial charge on any atom is -0.294 e. The van der Waals surface area contributed by atoms with E-state index in [9.17, 15) is 4.79 Å². The third-order valence-electron chi connectivity index (χ3n) is 3.26. The number of hydrogen-bond acceptors (Lipinski definition) is 4. The van der Waals surface area contributed by atoms with Gasteiger partial charge in [0.25, 0.3) is 0 Å². The predicted octanol–water partition coefficient (Wildman–Crippen LogP) is 3.87. The van der Waals surface area contributed by atoms with Crippen LogP contribution in [0.3, 0.4) is 0 Å². The molecule has 2 aromatic carbocycles. The van der Waals surface area contributed by atoms with E-state index in [0.717, 1.165) is 39.5 Å². The normalized spacial score (nSPS) is 10.8. The van der Waals surface area contributed by atoms with E-state index in [1.54, 1.807) is 6.92 Å². The Hall–Kier alpha value is -2.07. The van der Waals surface area contributed by atoms with Gasteiger partial charge in [0.05, 0.1) is 11.7 Å². The van der Waals surface area contributed by atoms with Gasteiger partial charge in [-0.1, -0.05) is 30.3 Å². The van der Waals surface area contributed by atoms with Crippen LogP contribution in [0.25, 0.3) is 22.2 Å². The first-order valence-electron chi connectivity index (χ1n) is 6.00. The third kappa shape index (κ3) is 1.94. The summed E-state index contributed by atoms with van der Waals surface area (Å²) in [4.78, 5) is 11.8. The van der Waals surface area contributed by atoms with Crippen molar-refractivity contribution in [3.63, 3.8) is 0 Å². The van der Waals surface area contributed by atoms with Gasteiger partial charge in [-0.2, -0.15) is 8.75 Å². The van der Waals surface area contributed by atoms with Crippen LogP contribution in [0.4, 0.5) is 0 Å². The smallest absolute Gasteiger partial charge is 0.162 e. The molecule has 0 amide bonds. The van der Waals surface area contributed by atoms with Gasteiger partial charge in [-0.3, -0.25) is 4.79 Å². The number of carbonyl (C=O) groups excluding carboxylic acids is 1. The molecule has 0 spiro atoms. The van der Waals surface area contributed by atoms with Gasteiger partial charge in [0.1, 0.15) is 11.0 Å². The molecule has 1 aromatic heterocycles. The molecule has 0 aliphatic carbocycles. The third-order valence-corrected chi connectivity index (χ3v) is 3.78. The predicted molar refractivity (Wildman–Crippen MR) is 77.6 cm³/mol. The fourth-order valence-corrected chi connectivity index (χ4v) is 2.86. The Balaban J connectivity index is 2.37. The van der Waals surface area contributed by atoms with E-state index in [1.807, 2.05) is 43.3 Å². The summed E-state index contributed by atoms with van der Waals surface area (Å²) in [5.74, 6) is 0.0230. The van der Waals surface area contributed by atoms with Crippen LogP contribution in [0.2, 0.25) is 0 Å². The fourth-order valence-electron chi connectivity index (χ4n) is 2.25. The summed E-state index contributed by atoms with van der Waals surface area (Å²) in [5.41, 5.74) is 5.41. The Labute approximate surface area is 115 Å². The lowest BCUT2D eigenvalue weighted by Crippen LogP contribution is -1.97. The van der Waals surface area contributed by atoms with Crippen molar-refractivity contribution in [3.8, 4) is 11.1 Å². The van der Waals surface area contributed by atoms with E-state index < -0.39 is 0 Å². The lowest BCUT2D eigenvalue weighted by molar-refractivity contribution is 0.101. The highest BCUT2D eigenvalue weighted by atomic mass is 32.1. The molecule has 0 aliphatic heterocycles. The zero-order valence-corrected chi connectivity index (χ0v) is 11.5. The van der Waals surface area contributed by atoms with Gasteiger partial charge < -0.3 is 0 Å². The van der Waals surface area contributed by atoms with Gasteiger partial charge in [-0.05, 0) is 36.6 Å². The number of rotatable bonds is 2. The molecule has 0 N–H and O–H groups in total. The number of aryl methyl sites for hydroxylation is 1. The highest BCUT2D eigenvalue weighted by Crippen LogP contribution is 2.31. The summed E-state index contributed by atoms with van der Waals surface area (Å²) >= 11 is 1.15. The maximum atomic E-state index is 11.8. The lowest BCUT2D eigenvalue weighted by Gasteiger charge is -2.09. The summed E-state index contributed by atoms with van der Waals surface area (Å²) in [5, 5.41) is 0. The summed E-state index contributed by atoms with van der Waals surface area (Å²) in [6, 6.07) is 12.0. The van der Waals surface area contributed by atoms with Crippen molar-refractivity contribution in [2.75, 3.05) is 0 Å². The number of benzene rings is 2. The van der Waals surface area contributed by atoms with Crippen LogP contribution >= 0.6 is 11.7 Å². The number of carbonyl (C=O) groups is 1. The van der Waals surface area contributed by atoms with Crippen LogP contribution in [0.5, 0.6) is 0 Å². The highest BCUT2D eigenvalue weighted by Gasteiger charge is 2.16. The Morgan fingerprint density at radius 2 is 1.79 bits per heavy atom. The average molecular weight is 268 g/mol. The molecule has 0 unspecified atom stereocenters. The number of hydrogen-bond donors (Lipinski definition) is 0. The van der Waals surface area contributed by atoms with Crippen LogP contribution in [0.15, 0.2) is 36.4 Å². The molecule has 4 heteroatoms. The SMILES string of the molecule is CC(=O)c1cc(-c2ccccc2)c(C)c2nsnc12. The largest absolute Gasteiger partial charge is 0.294 e. The summed E-state index contributed by atoms with van der Waals surface area (Å²) < 4.78 is 8.57. The maximum Gasteiger partial charge on any atom is 0.162 e. The number of fused-ring (bicyclic) bond motifs is 1. The van der Waals surface area contributed by atoms with Crippen molar-refractivity contribution in [1.82, 2.24) is 8.75 Å². The standard InChI is InChI=1S/C15H12N2OS/c1-9-12(11-6-4-3-5-7-11)8-13(10(2)18)15-14(9)16-19-17-15/h3-8H,1-2H3. The molecule has 1 heterocycles. The first kappa shape index (κ1) is 12.0. The second kappa shape index (κ2) is 4.55. The molecule has 0 radical (unpaired) electrons. The van der Waals surface area contributed by atoms with E-state index in [-0.39, 0.29) is 5.78 Å². The molecular weight excluding hydrogens is 256 g/mol. The zero-order valence-electron chi connectivity index (χ0n) is 10.7. The van der Waals surface area contributed by atoms with Gasteiger partial charge in [0.15, 0.2) is 5.78 Å². The van der Waals surface area contributed by atoms with Crippen molar-refractivity contribution in [1.29, 1.82) is 0 Å². The monoisotopic (exact) mass is 268 g/mol. The zero-order chi connectivity index (χ0) is 13.4. The van der Waals surface area contributed by atoms with Gasteiger partial charge in [-0.15, -0.1) is 0 Å². The highest BCUT2D eigenvalue weighted by molar-refractivity contribution is 7.00. The van der Waals surface area contributed by atoms with Crippen molar-refractivity contribution in [2.45, 2.75) is 13.8 Å². The number of aromatic nitrogens is 2. The van der Waals surface area contributed by atoms with E-state index in [2.05, 4.69) is 8.75 Å². The van der Waals surface area contributed by atoms with E-state index in [0.29, 0.717) is 5.56 Å². The quantitative estimate of drug-likeness (QED) is 0.663. The van der Waals surface area contributed by atoms with Crippen molar-refractivity contribution < 1.29 is 4.79 Å².